The average molecular weight is 287 g/mol. The quantitative estimate of drug-likeness (QED) is 0.906. The van der Waals surface area contributed by atoms with Crippen LogP contribution in [0.4, 0.5) is 9.18 Å². The molecule has 2 aromatic rings. The fourth-order valence-electron chi connectivity index (χ4n) is 2.78. The highest BCUT2D eigenvalue weighted by Crippen LogP contribution is 2.25. The molecule has 0 bridgehead atoms. The highest BCUT2D eigenvalue weighted by atomic mass is 19.1. The van der Waals surface area contributed by atoms with Gasteiger partial charge in [0.25, 0.3) is 0 Å². The summed E-state index contributed by atoms with van der Waals surface area (Å²) in [6.07, 6.45) is 2.04. The van der Waals surface area contributed by atoms with E-state index in [1.54, 1.807) is 12.1 Å². The van der Waals surface area contributed by atoms with Crippen molar-refractivity contribution >= 4 is 6.03 Å². The van der Waals surface area contributed by atoms with Crippen molar-refractivity contribution in [3.8, 4) is 0 Å². The molecule has 3 rings (SSSR count). The van der Waals surface area contributed by atoms with Gasteiger partial charge in [-0.25, -0.2) is 9.18 Å². The summed E-state index contributed by atoms with van der Waals surface area (Å²) < 4.78 is 15.3. The molecule has 21 heavy (non-hydrogen) atoms. The minimum Gasteiger partial charge on any atom is -0.348 e. The van der Waals surface area contributed by atoms with Gasteiger partial charge in [-0.15, -0.1) is 0 Å². The van der Waals surface area contributed by atoms with Gasteiger partial charge in [0.15, 0.2) is 0 Å². The number of hydrogen-bond donors (Lipinski definition) is 1. The van der Waals surface area contributed by atoms with Gasteiger partial charge < -0.3 is 14.8 Å². The van der Waals surface area contributed by atoms with Crippen LogP contribution < -0.4 is 5.32 Å². The van der Waals surface area contributed by atoms with E-state index in [4.69, 9.17) is 0 Å². The van der Waals surface area contributed by atoms with Crippen LogP contribution in [0, 0.1) is 5.82 Å². The Morgan fingerprint density at radius 2 is 2.19 bits per heavy atom. The van der Waals surface area contributed by atoms with Crippen LogP contribution in [0.25, 0.3) is 0 Å². The summed E-state index contributed by atoms with van der Waals surface area (Å²) in [6, 6.07) is 10.2. The molecule has 2 heterocycles. The van der Waals surface area contributed by atoms with Crippen molar-refractivity contribution in [1.29, 1.82) is 0 Å². The molecule has 1 atom stereocenters. The monoisotopic (exact) mass is 287 g/mol. The van der Waals surface area contributed by atoms with Gasteiger partial charge in [0, 0.05) is 31.5 Å². The summed E-state index contributed by atoms with van der Waals surface area (Å²) in [5.41, 5.74) is 1.90. The Morgan fingerprint density at radius 1 is 1.33 bits per heavy atom. The van der Waals surface area contributed by atoms with Crippen LogP contribution in [0.3, 0.4) is 0 Å². The third-order valence-corrected chi connectivity index (χ3v) is 3.94. The van der Waals surface area contributed by atoms with Gasteiger partial charge in [0.05, 0.1) is 6.04 Å². The van der Waals surface area contributed by atoms with Crippen molar-refractivity contribution in [3.05, 3.63) is 59.7 Å². The fourth-order valence-corrected chi connectivity index (χ4v) is 2.78. The van der Waals surface area contributed by atoms with Crippen LogP contribution in [0.2, 0.25) is 0 Å². The zero-order valence-electron chi connectivity index (χ0n) is 11.9. The smallest absolute Gasteiger partial charge is 0.318 e. The number of urea groups is 1. The van der Waals surface area contributed by atoms with Gasteiger partial charge in [0.1, 0.15) is 5.82 Å². The van der Waals surface area contributed by atoms with Crippen molar-refractivity contribution in [2.24, 2.45) is 0 Å². The first-order valence-corrected chi connectivity index (χ1v) is 7.09. The Labute approximate surface area is 123 Å². The average Bonchev–Trinajstić information content (AvgIpc) is 2.95. The first-order valence-electron chi connectivity index (χ1n) is 7.09. The minimum atomic E-state index is -0.286. The summed E-state index contributed by atoms with van der Waals surface area (Å²) in [6.45, 7) is 3.84. The van der Waals surface area contributed by atoms with Gasteiger partial charge in [0.2, 0.25) is 0 Å². The molecular formula is C16H18FN3O. The SMILES string of the molecule is CC1c2cccn2CCN1C(=O)NCc1cccc(F)c1. The summed E-state index contributed by atoms with van der Waals surface area (Å²) in [4.78, 5) is 14.1. The van der Waals surface area contributed by atoms with Crippen LogP contribution in [0.1, 0.15) is 24.2 Å². The molecule has 0 radical (unpaired) electrons. The molecular weight excluding hydrogens is 269 g/mol. The molecule has 5 heteroatoms. The second-order valence-corrected chi connectivity index (χ2v) is 5.28. The Kier molecular flexibility index (Phi) is 3.64. The fraction of sp³-hybridized carbons (Fsp3) is 0.312. The zero-order valence-corrected chi connectivity index (χ0v) is 11.9. The van der Waals surface area contributed by atoms with E-state index in [2.05, 4.69) is 9.88 Å². The Balaban J connectivity index is 1.64. The van der Waals surface area contributed by atoms with Crippen molar-refractivity contribution < 1.29 is 9.18 Å². The number of rotatable bonds is 2. The Morgan fingerprint density at radius 3 is 3.00 bits per heavy atom. The lowest BCUT2D eigenvalue weighted by Crippen LogP contribution is -2.45. The van der Waals surface area contributed by atoms with Gasteiger partial charge in [-0.2, -0.15) is 0 Å². The van der Waals surface area contributed by atoms with Crippen molar-refractivity contribution in [1.82, 2.24) is 14.8 Å². The molecule has 1 aliphatic rings. The number of hydrogen-bond acceptors (Lipinski definition) is 1. The second-order valence-electron chi connectivity index (χ2n) is 5.28. The van der Waals surface area contributed by atoms with Crippen molar-refractivity contribution in [2.75, 3.05) is 6.54 Å². The molecule has 4 nitrogen and oxygen atoms in total. The first-order chi connectivity index (χ1) is 10.1. The normalized spacial score (nSPS) is 17.4. The lowest BCUT2D eigenvalue weighted by Gasteiger charge is -2.34. The van der Waals surface area contributed by atoms with Crippen LogP contribution in [0.5, 0.6) is 0 Å². The standard InChI is InChI=1S/C16H18FN3O/c1-12-15-6-3-7-19(15)8-9-20(12)16(21)18-11-13-4-2-5-14(17)10-13/h2-7,10,12H,8-9,11H2,1H3,(H,18,21). The van der Waals surface area contributed by atoms with Gasteiger partial charge in [-0.05, 0) is 36.8 Å². The summed E-state index contributed by atoms with van der Waals surface area (Å²) >= 11 is 0. The third-order valence-electron chi connectivity index (χ3n) is 3.94. The van der Waals surface area contributed by atoms with E-state index in [-0.39, 0.29) is 17.9 Å². The van der Waals surface area contributed by atoms with Crippen LogP contribution in [-0.2, 0) is 13.1 Å². The molecule has 1 aromatic carbocycles. The number of fused-ring (bicyclic) bond motifs is 1. The zero-order chi connectivity index (χ0) is 14.8. The van der Waals surface area contributed by atoms with E-state index in [9.17, 15) is 9.18 Å². The summed E-state index contributed by atoms with van der Waals surface area (Å²) in [5.74, 6) is -0.286. The molecule has 1 unspecified atom stereocenters. The van der Waals surface area contributed by atoms with Crippen LogP contribution in [0.15, 0.2) is 42.6 Å². The Bertz CT molecular complexity index is 652. The number of halogens is 1. The maximum absolute atomic E-state index is 13.1. The number of nitrogens with zero attached hydrogens (tertiary/aromatic N) is 2. The molecule has 2 amide bonds. The topological polar surface area (TPSA) is 37.3 Å². The predicted molar refractivity (Wildman–Crippen MR) is 78.2 cm³/mol. The number of carbonyl (C=O) groups excluding carboxylic acids is 1. The Hall–Kier alpha value is -2.30. The first kappa shape index (κ1) is 13.7. The molecule has 0 fully saturated rings. The number of nitrogens with one attached hydrogen (secondary N) is 1. The maximum atomic E-state index is 13.1. The highest BCUT2D eigenvalue weighted by molar-refractivity contribution is 5.74. The van der Waals surface area contributed by atoms with Crippen LogP contribution in [-0.4, -0.2) is 22.0 Å². The number of aromatic nitrogens is 1. The van der Waals surface area contributed by atoms with E-state index >= 15 is 0 Å². The van der Waals surface area contributed by atoms with Gasteiger partial charge in [-0.1, -0.05) is 12.1 Å². The van der Waals surface area contributed by atoms with Gasteiger partial charge in [-0.3, -0.25) is 0 Å². The molecule has 110 valence electrons. The molecule has 1 aromatic heterocycles. The lowest BCUT2D eigenvalue weighted by molar-refractivity contribution is 0.162. The molecule has 1 N–H and O–H groups in total. The molecule has 0 aliphatic carbocycles. The largest absolute Gasteiger partial charge is 0.348 e. The highest BCUT2D eigenvalue weighted by Gasteiger charge is 2.26. The lowest BCUT2D eigenvalue weighted by atomic mass is 10.1. The number of amides is 2. The molecule has 1 aliphatic heterocycles. The maximum Gasteiger partial charge on any atom is 0.318 e. The summed E-state index contributed by atoms with van der Waals surface area (Å²) in [5, 5.41) is 2.86. The van der Waals surface area contributed by atoms with Crippen molar-refractivity contribution in [3.63, 3.8) is 0 Å². The van der Waals surface area contributed by atoms with E-state index in [1.165, 1.54) is 12.1 Å². The number of carbonyl (C=O) groups is 1. The van der Waals surface area contributed by atoms with E-state index in [1.807, 2.05) is 30.2 Å². The number of benzene rings is 1. The summed E-state index contributed by atoms with van der Waals surface area (Å²) in [7, 11) is 0. The second kappa shape index (κ2) is 5.60. The molecule has 0 spiro atoms. The van der Waals surface area contributed by atoms with E-state index in [0.717, 1.165) is 17.8 Å². The molecule has 0 saturated heterocycles. The third kappa shape index (κ3) is 2.77. The van der Waals surface area contributed by atoms with Crippen molar-refractivity contribution in [2.45, 2.75) is 26.1 Å². The predicted octanol–water partition coefficient (Wildman–Crippen LogP) is 2.91. The molecule has 0 saturated carbocycles. The van der Waals surface area contributed by atoms with Gasteiger partial charge >= 0.3 is 6.03 Å². The van der Waals surface area contributed by atoms with E-state index in [0.29, 0.717) is 13.1 Å². The minimum absolute atomic E-state index is 0.0428. The van der Waals surface area contributed by atoms with E-state index < -0.39 is 0 Å². The van der Waals surface area contributed by atoms with Crippen LogP contribution >= 0.6 is 0 Å².